The smallest absolute Gasteiger partial charge is 0.122 e. The minimum atomic E-state index is 0.486. The van der Waals surface area contributed by atoms with Crippen molar-refractivity contribution < 1.29 is 4.74 Å². The molecule has 1 aliphatic rings. The van der Waals surface area contributed by atoms with E-state index in [4.69, 9.17) is 11.2 Å². The Bertz CT molecular complexity index is 391. The quantitative estimate of drug-likeness (QED) is 0.776. The molecule has 0 aliphatic heterocycles. The van der Waals surface area contributed by atoms with Gasteiger partial charge >= 0.3 is 0 Å². The lowest BCUT2D eigenvalue weighted by atomic mass is 9.87. The van der Waals surface area contributed by atoms with Gasteiger partial charge in [-0.2, -0.15) is 0 Å². The monoisotopic (exact) mass is 215 g/mol. The summed E-state index contributed by atoms with van der Waals surface area (Å²) in [5, 5.41) is 3.37. The van der Waals surface area contributed by atoms with Crippen molar-refractivity contribution in [3.63, 3.8) is 0 Å². The minimum absolute atomic E-state index is 0.486. The van der Waals surface area contributed by atoms with Crippen molar-refractivity contribution in [3.8, 4) is 18.1 Å². The van der Waals surface area contributed by atoms with Crippen molar-refractivity contribution in [3.05, 3.63) is 29.3 Å². The Morgan fingerprint density at radius 3 is 3.19 bits per heavy atom. The molecule has 84 valence electrons. The maximum Gasteiger partial charge on any atom is 0.122 e. The molecular weight excluding hydrogens is 198 g/mol. The van der Waals surface area contributed by atoms with E-state index in [0.29, 0.717) is 12.6 Å². The van der Waals surface area contributed by atoms with Crippen LogP contribution < -0.4 is 10.1 Å². The summed E-state index contributed by atoms with van der Waals surface area (Å²) < 4.78 is 5.40. The molecule has 0 aromatic heterocycles. The van der Waals surface area contributed by atoms with E-state index < -0.39 is 0 Å². The average Bonchev–Trinajstić information content (AvgIpc) is 2.35. The second-order valence-electron chi connectivity index (χ2n) is 4.12. The average molecular weight is 215 g/mol. The van der Waals surface area contributed by atoms with Gasteiger partial charge in [-0.15, -0.1) is 6.42 Å². The Kier molecular flexibility index (Phi) is 3.48. The van der Waals surface area contributed by atoms with Gasteiger partial charge < -0.3 is 10.1 Å². The van der Waals surface area contributed by atoms with Crippen LogP contribution in [0.2, 0.25) is 0 Å². The highest BCUT2D eigenvalue weighted by molar-refractivity contribution is 5.42. The van der Waals surface area contributed by atoms with E-state index in [1.807, 2.05) is 6.07 Å². The van der Waals surface area contributed by atoms with Gasteiger partial charge in [0, 0.05) is 6.04 Å². The summed E-state index contributed by atoms with van der Waals surface area (Å²) in [4.78, 5) is 0. The molecule has 2 heteroatoms. The topological polar surface area (TPSA) is 21.3 Å². The van der Waals surface area contributed by atoms with E-state index in [1.54, 1.807) is 7.11 Å². The Morgan fingerprint density at radius 1 is 1.56 bits per heavy atom. The number of terminal acetylenes is 1. The van der Waals surface area contributed by atoms with Crippen LogP contribution in [0.4, 0.5) is 0 Å². The highest BCUT2D eigenvalue weighted by Gasteiger charge is 2.20. The van der Waals surface area contributed by atoms with E-state index in [-0.39, 0.29) is 0 Å². The molecule has 1 aromatic rings. The van der Waals surface area contributed by atoms with Crippen LogP contribution in [-0.2, 0) is 12.8 Å². The molecule has 0 bridgehead atoms. The van der Waals surface area contributed by atoms with Gasteiger partial charge in [-0.1, -0.05) is 18.1 Å². The number of hydrogen-bond donors (Lipinski definition) is 1. The van der Waals surface area contributed by atoms with Crippen LogP contribution in [0.1, 0.15) is 17.5 Å². The van der Waals surface area contributed by atoms with Crippen molar-refractivity contribution in [1.82, 2.24) is 5.32 Å². The fourth-order valence-corrected chi connectivity index (χ4v) is 2.32. The van der Waals surface area contributed by atoms with E-state index in [9.17, 15) is 0 Å². The molecular formula is C14H17NO. The van der Waals surface area contributed by atoms with Gasteiger partial charge in [-0.3, -0.25) is 0 Å². The van der Waals surface area contributed by atoms with Crippen LogP contribution in [0, 0.1) is 12.3 Å². The zero-order valence-electron chi connectivity index (χ0n) is 9.62. The van der Waals surface area contributed by atoms with E-state index in [0.717, 1.165) is 25.0 Å². The molecule has 1 aliphatic carbocycles. The Labute approximate surface area is 97.0 Å². The fraction of sp³-hybridized carbons (Fsp3) is 0.429. The predicted molar refractivity (Wildman–Crippen MR) is 65.6 cm³/mol. The van der Waals surface area contributed by atoms with Crippen LogP contribution in [-0.4, -0.2) is 19.7 Å². The second-order valence-corrected chi connectivity index (χ2v) is 4.12. The minimum Gasteiger partial charge on any atom is -0.496 e. The summed E-state index contributed by atoms with van der Waals surface area (Å²) in [6.07, 6.45) is 8.53. The standard InChI is InChI=1S/C14H17NO/c1-3-9-15-12-8-7-11-5-4-6-14(16-2)13(11)10-12/h1,4-6,12,15H,7-10H2,2H3/t12-/m1/s1. The van der Waals surface area contributed by atoms with Gasteiger partial charge in [-0.25, -0.2) is 0 Å². The summed E-state index contributed by atoms with van der Waals surface area (Å²) in [7, 11) is 1.73. The number of ether oxygens (including phenoxy) is 1. The number of fused-ring (bicyclic) bond motifs is 1. The Morgan fingerprint density at radius 2 is 2.44 bits per heavy atom. The van der Waals surface area contributed by atoms with E-state index >= 15 is 0 Å². The van der Waals surface area contributed by atoms with Crippen molar-refractivity contribution in [2.24, 2.45) is 0 Å². The zero-order chi connectivity index (χ0) is 11.4. The Hall–Kier alpha value is -1.46. The summed E-state index contributed by atoms with van der Waals surface area (Å²) in [5.74, 6) is 3.63. The number of methoxy groups -OCH3 is 1. The lowest BCUT2D eigenvalue weighted by Gasteiger charge is -2.26. The van der Waals surface area contributed by atoms with Gasteiger partial charge in [0.05, 0.1) is 13.7 Å². The number of hydrogen-bond acceptors (Lipinski definition) is 2. The van der Waals surface area contributed by atoms with Gasteiger partial charge in [0.25, 0.3) is 0 Å². The third kappa shape index (κ3) is 2.20. The number of aryl methyl sites for hydroxylation is 1. The summed E-state index contributed by atoms with van der Waals surface area (Å²) >= 11 is 0. The van der Waals surface area contributed by atoms with Crippen LogP contribution in [0.5, 0.6) is 5.75 Å². The highest BCUT2D eigenvalue weighted by atomic mass is 16.5. The molecule has 0 heterocycles. The molecule has 0 radical (unpaired) electrons. The van der Waals surface area contributed by atoms with Crippen molar-refractivity contribution in [2.75, 3.05) is 13.7 Å². The normalized spacial score (nSPS) is 18.6. The number of nitrogens with one attached hydrogen (secondary N) is 1. The third-order valence-electron chi connectivity index (χ3n) is 3.16. The first-order chi connectivity index (χ1) is 7.85. The molecule has 2 nitrogen and oxygen atoms in total. The van der Waals surface area contributed by atoms with Gasteiger partial charge in [-0.05, 0) is 36.5 Å². The summed E-state index contributed by atoms with van der Waals surface area (Å²) in [5.41, 5.74) is 2.75. The largest absolute Gasteiger partial charge is 0.496 e. The van der Waals surface area contributed by atoms with Crippen molar-refractivity contribution >= 4 is 0 Å². The molecule has 0 fully saturated rings. The summed E-state index contributed by atoms with van der Waals surface area (Å²) in [6, 6.07) is 6.77. The highest BCUT2D eigenvalue weighted by Crippen LogP contribution is 2.29. The van der Waals surface area contributed by atoms with Crippen LogP contribution >= 0.6 is 0 Å². The number of benzene rings is 1. The third-order valence-corrected chi connectivity index (χ3v) is 3.16. The van der Waals surface area contributed by atoms with Gasteiger partial charge in [0.2, 0.25) is 0 Å². The molecule has 1 N–H and O–H groups in total. The molecule has 0 saturated heterocycles. The van der Waals surface area contributed by atoms with Gasteiger partial charge in [0.15, 0.2) is 0 Å². The lowest BCUT2D eigenvalue weighted by molar-refractivity contribution is 0.397. The molecule has 0 amide bonds. The summed E-state index contributed by atoms with van der Waals surface area (Å²) in [6.45, 7) is 0.648. The SMILES string of the molecule is C#CCN[C@@H]1CCc2cccc(OC)c2C1. The second kappa shape index (κ2) is 5.05. The molecule has 0 unspecified atom stereocenters. The van der Waals surface area contributed by atoms with Crippen LogP contribution in [0.25, 0.3) is 0 Å². The van der Waals surface area contributed by atoms with Gasteiger partial charge in [0.1, 0.15) is 5.75 Å². The van der Waals surface area contributed by atoms with Crippen LogP contribution in [0.15, 0.2) is 18.2 Å². The van der Waals surface area contributed by atoms with Crippen molar-refractivity contribution in [2.45, 2.75) is 25.3 Å². The first kappa shape index (κ1) is 11.0. The van der Waals surface area contributed by atoms with E-state index in [1.165, 1.54) is 11.1 Å². The predicted octanol–water partition coefficient (Wildman–Crippen LogP) is 1.78. The Balaban J connectivity index is 2.15. The molecule has 1 aromatic carbocycles. The lowest BCUT2D eigenvalue weighted by Crippen LogP contribution is -2.34. The first-order valence-corrected chi connectivity index (χ1v) is 5.66. The molecule has 2 rings (SSSR count). The fourth-order valence-electron chi connectivity index (χ4n) is 2.32. The van der Waals surface area contributed by atoms with Crippen molar-refractivity contribution in [1.29, 1.82) is 0 Å². The molecule has 1 atom stereocenters. The van der Waals surface area contributed by atoms with E-state index in [2.05, 4.69) is 23.4 Å². The zero-order valence-corrected chi connectivity index (χ0v) is 9.62. The molecule has 0 saturated carbocycles. The maximum absolute atomic E-state index is 5.40. The first-order valence-electron chi connectivity index (χ1n) is 5.66. The van der Waals surface area contributed by atoms with Crippen LogP contribution in [0.3, 0.4) is 0 Å². The molecule has 0 spiro atoms. The maximum atomic E-state index is 5.40. The number of rotatable bonds is 3. The molecule has 16 heavy (non-hydrogen) atoms.